The molecular weight excluding hydrogens is 460 g/mol. The van der Waals surface area contributed by atoms with Gasteiger partial charge in [-0.2, -0.15) is 0 Å². The summed E-state index contributed by atoms with van der Waals surface area (Å²) in [6.07, 6.45) is 3.55. The van der Waals surface area contributed by atoms with Crippen molar-refractivity contribution in [3.63, 3.8) is 0 Å². The number of para-hydroxylation sites is 1. The topological polar surface area (TPSA) is 58.6 Å². The number of esters is 1. The first-order chi connectivity index (χ1) is 18.2. The average molecular weight is 489 g/mol. The van der Waals surface area contributed by atoms with Gasteiger partial charge in [-0.25, -0.2) is 4.79 Å². The zero-order valence-corrected chi connectivity index (χ0v) is 20.3. The highest BCUT2D eigenvalue weighted by Crippen LogP contribution is 2.35. The molecule has 5 rings (SSSR count). The van der Waals surface area contributed by atoms with Crippen molar-refractivity contribution in [2.75, 3.05) is 11.9 Å². The first kappa shape index (κ1) is 24.1. The van der Waals surface area contributed by atoms with E-state index in [0.29, 0.717) is 5.56 Å². The predicted molar refractivity (Wildman–Crippen MR) is 145 cm³/mol. The third kappa shape index (κ3) is 5.62. The maximum atomic E-state index is 13.4. The fourth-order valence-electron chi connectivity index (χ4n) is 4.70. The van der Waals surface area contributed by atoms with E-state index in [0.717, 1.165) is 16.8 Å². The normalized spacial score (nSPS) is 16.3. The summed E-state index contributed by atoms with van der Waals surface area (Å²) in [5, 5.41) is 3.63. The highest BCUT2D eigenvalue weighted by Gasteiger charge is 2.39. The van der Waals surface area contributed by atoms with Crippen LogP contribution in [0.2, 0.25) is 0 Å². The summed E-state index contributed by atoms with van der Waals surface area (Å²) < 4.78 is 5.78. The molecule has 0 spiro atoms. The zero-order chi connectivity index (χ0) is 25.5. The molecular formula is C32H28N2O3. The van der Waals surface area contributed by atoms with Crippen LogP contribution < -0.4 is 5.32 Å². The largest absolute Gasteiger partial charge is 0.460 e. The van der Waals surface area contributed by atoms with Gasteiger partial charge < -0.3 is 15.0 Å². The van der Waals surface area contributed by atoms with Gasteiger partial charge in [-0.3, -0.25) is 4.79 Å². The number of nitrogens with zero attached hydrogens (tertiary/aromatic N) is 1. The van der Waals surface area contributed by atoms with Gasteiger partial charge in [0.15, 0.2) is 0 Å². The van der Waals surface area contributed by atoms with Crippen LogP contribution in [-0.2, 0) is 9.53 Å². The van der Waals surface area contributed by atoms with Crippen molar-refractivity contribution in [3.8, 4) is 0 Å². The van der Waals surface area contributed by atoms with Crippen molar-refractivity contribution < 1.29 is 14.3 Å². The van der Waals surface area contributed by atoms with Gasteiger partial charge in [0, 0.05) is 11.8 Å². The monoisotopic (exact) mass is 488 g/mol. The zero-order valence-electron chi connectivity index (χ0n) is 20.3. The summed E-state index contributed by atoms with van der Waals surface area (Å²) in [6, 6.07) is 37.7. The van der Waals surface area contributed by atoms with Crippen LogP contribution in [0.15, 0.2) is 133 Å². The van der Waals surface area contributed by atoms with E-state index in [1.54, 1.807) is 30.3 Å². The molecule has 0 bridgehead atoms. The maximum absolute atomic E-state index is 13.4. The van der Waals surface area contributed by atoms with Gasteiger partial charge in [0.05, 0.1) is 23.7 Å². The molecule has 184 valence electrons. The number of hydrogen-bond donors (Lipinski definition) is 1. The van der Waals surface area contributed by atoms with Gasteiger partial charge in [-0.1, -0.05) is 103 Å². The number of carbonyl (C=O) groups is 2. The van der Waals surface area contributed by atoms with Gasteiger partial charge >= 0.3 is 5.97 Å². The van der Waals surface area contributed by atoms with E-state index in [-0.39, 0.29) is 24.6 Å². The van der Waals surface area contributed by atoms with Gasteiger partial charge in [0.2, 0.25) is 5.91 Å². The molecule has 0 saturated heterocycles. The van der Waals surface area contributed by atoms with Crippen LogP contribution in [0.1, 0.15) is 33.6 Å². The van der Waals surface area contributed by atoms with E-state index in [2.05, 4.69) is 17.4 Å². The summed E-state index contributed by atoms with van der Waals surface area (Å²) in [4.78, 5) is 28.0. The molecule has 1 amide bonds. The van der Waals surface area contributed by atoms with Crippen LogP contribution in [0.4, 0.5) is 5.69 Å². The van der Waals surface area contributed by atoms with Crippen LogP contribution in [0.5, 0.6) is 0 Å². The minimum absolute atomic E-state index is 0.0362. The van der Waals surface area contributed by atoms with Gasteiger partial charge in [-0.05, 0) is 35.4 Å². The first-order valence-corrected chi connectivity index (χ1v) is 12.3. The Balaban J connectivity index is 1.48. The Kier molecular flexibility index (Phi) is 7.42. The summed E-state index contributed by atoms with van der Waals surface area (Å²) in [7, 11) is 0. The Hall–Kier alpha value is -4.64. The van der Waals surface area contributed by atoms with Crippen molar-refractivity contribution in [1.29, 1.82) is 0 Å². The number of hydrogen-bond acceptors (Lipinski definition) is 4. The summed E-state index contributed by atoms with van der Waals surface area (Å²) in [6.45, 7) is 0.0362. The van der Waals surface area contributed by atoms with Crippen LogP contribution >= 0.6 is 0 Å². The van der Waals surface area contributed by atoms with E-state index in [4.69, 9.17) is 4.74 Å². The Labute approximate surface area is 217 Å². The summed E-state index contributed by atoms with van der Waals surface area (Å²) in [5.41, 5.74) is 3.38. The third-order valence-corrected chi connectivity index (χ3v) is 6.51. The van der Waals surface area contributed by atoms with Crippen molar-refractivity contribution in [1.82, 2.24) is 4.90 Å². The molecule has 0 aliphatic carbocycles. The number of amides is 1. The van der Waals surface area contributed by atoms with Crippen molar-refractivity contribution >= 4 is 17.6 Å². The van der Waals surface area contributed by atoms with E-state index in [1.807, 2.05) is 95.9 Å². The van der Waals surface area contributed by atoms with Crippen LogP contribution in [-0.4, -0.2) is 29.4 Å². The van der Waals surface area contributed by atoms with Crippen LogP contribution in [0, 0.1) is 0 Å². The molecule has 37 heavy (non-hydrogen) atoms. The van der Waals surface area contributed by atoms with Gasteiger partial charge in [0.1, 0.15) is 6.61 Å². The van der Waals surface area contributed by atoms with Crippen molar-refractivity contribution in [2.24, 2.45) is 0 Å². The number of anilines is 1. The molecule has 1 heterocycles. The van der Waals surface area contributed by atoms with Gasteiger partial charge in [0.25, 0.3) is 0 Å². The van der Waals surface area contributed by atoms with E-state index >= 15 is 0 Å². The molecule has 0 radical (unpaired) electrons. The Morgan fingerprint density at radius 3 is 1.92 bits per heavy atom. The molecule has 0 saturated carbocycles. The molecule has 1 aliphatic heterocycles. The Bertz CT molecular complexity index is 1340. The lowest BCUT2D eigenvalue weighted by molar-refractivity contribution is -0.130. The SMILES string of the molecule is O=C(OC[C@@H](c1ccccc1)N1C(=O)C=C[C@@H]1[C@H](Nc1ccccc1)c1ccccc1)c1ccccc1. The molecule has 0 unspecified atom stereocenters. The molecule has 5 nitrogen and oxygen atoms in total. The lowest BCUT2D eigenvalue weighted by Crippen LogP contribution is -2.44. The lowest BCUT2D eigenvalue weighted by atomic mass is 9.96. The molecule has 0 fully saturated rings. The second-order valence-corrected chi connectivity index (χ2v) is 8.88. The fourth-order valence-corrected chi connectivity index (χ4v) is 4.70. The molecule has 0 aromatic heterocycles. The number of benzene rings is 4. The second kappa shape index (κ2) is 11.4. The second-order valence-electron chi connectivity index (χ2n) is 8.88. The quantitative estimate of drug-likeness (QED) is 0.285. The number of carbonyl (C=O) groups excluding carboxylic acids is 2. The lowest BCUT2D eigenvalue weighted by Gasteiger charge is -2.38. The van der Waals surface area contributed by atoms with Gasteiger partial charge in [-0.15, -0.1) is 0 Å². The standard InChI is InChI=1S/C32H28N2O3/c35-30-22-21-28(31(25-15-7-2-8-16-25)33-27-19-11-4-12-20-27)34(30)29(24-13-5-1-6-14-24)23-37-32(36)26-17-9-3-10-18-26/h1-22,28-29,31,33H,23H2/t28-,29+,31-/m1/s1. The fraction of sp³-hybridized carbons (Fsp3) is 0.125. The average Bonchev–Trinajstić information content (AvgIpc) is 3.34. The van der Waals surface area contributed by atoms with E-state index < -0.39 is 12.0 Å². The molecule has 4 aromatic rings. The third-order valence-electron chi connectivity index (χ3n) is 6.51. The number of ether oxygens (including phenoxy) is 1. The molecule has 3 atom stereocenters. The minimum Gasteiger partial charge on any atom is -0.460 e. The molecule has 1 aliphatic rings. The van der Waals surface area contributed by atoms with E-state index in [9.17, 15) is 9.59 Å². The van der Waals surface area contributed by atoms with Crippen LogP contribution in [0.3, 0.4) is 0 Å². The maximum Gasteiger partial charge on any atom is 0.338 e. The number of nitrogens with one attached hydrogen (secondary N) is 1. The molecule has 5 heteroatoms. The van der Waals surface area contributed by atoms with Crippen LogP contribution in [0.25, 0.3) is 0 Å². The van der Waals surface area contributed by atoms with Crippen molar-refractivity contribution in [3.05, 3.63) is 150 Å². The highest BCUT2D eigenvalue weighted by molar-refractivity contribution is 5.92. The first-order valence-electron chi connectivity index (χ1n) is 12.3. The summed E-state index contributed by atoms with van der Waals surface area (Å²) in [5.74, 6) is -0.537. The van der Waals surface area contributed by atoms with Crippen molar-refractivity contribution in [2.45, 2.75) is 18.1 Å². The Morgan fingerprint density at radius 1 is 0.757 bits per heavy atom. The number of rotatable bonds is 9. The predicted octanol–water partition coefficient (Wildman–Crippen LogP) is 6.21. The molecule has 4 aromatic carbocycles. The Morgan fingerprint density at radius 2 is 1.30 bits per heavy atom. The smallest absolute Gasteiger partial charge is 0.338 e. The minimum atomic E-state index is -0.467. The molecule has 1 N–H and O–H groups in total. The van der Waals surface area contributed by atoms with E-state index in [1.165, 1.54) is 0 Å². The summed E-state index contributed by atoms with van der Waals surface area (Å²) >= 11 is 0. The highest BCUT2D eigenvalue weighted by atomic mass is 16.5.